The third-order valence-corrected chi connectivity index (χ3v) is 5.45. The van der Waals surface area contributed by atoms with Gasteiger partial charge in [-0.05, 0) is 12.8 Å². The predicted octanol–water partition coefficient (Wildman–Crippen LogP) is 2.25. The normalized spacial score (nSPS) is 17.4. The Morgan fingerprint density at radius 2 is 2.09 bits per heavy atom. The highest BCUT2D eigenvalue weighted by molar-refractivity contribution is 7.09. The van der Waals surface area contributed by atoms with Crippen LogP contribution >= 0.6 is 11.3 Å². The molecule has 0 spiro atoms. The maximum atomic E-state index is 12.2. The van der Waals surface area contributed by atoms with Crippen LogP contribution in [0, 0.1) is 12.8 Å². The molecular formula is C17H29N3O2S. The van der Waals surface area contributed by atoms with Gasteiger partial charge in [0.2, 0.25) is 5.91 Å². The molecule has 130 valence electrons. The largest absolute Gasteiger partial charge is 0.379 e. The van der Waals surface area contributed by atoms with Crippen LogP contribution in [0.3, 0.4) is 0 Å². The van der Waals surface area contributed by atoms with Crippen LogP contribution < -0.4 is 5.32 Å². The maximum absolute atomic E-state index is 12.2. The minimum absolute atomic E-state index is 0.0690. The Bertz CT molecular complexity index is 482. The van der Waals surface area contributed by atoms with E-state index in [9.17, 15) is 4.79 Å². The number of carbonyl (C=O) groups is 1. The minimum atomic E-state index is 0.0690. The number of aromatic nitrogens is 1. The summed E-state index contributed by atoms with van der Waals surface area (Å²) in [7, 11) is 0. The SMILES string of the molecule is CCC(CC)C(CNC(=O)Cc1csc(C)n1)N1CCOCC1. The maximum Gasteiger partial charge on any atom is 0.226 e. The Morgan fingerprint density at radius 3 is 2.65 bits per heavy atom. The average Bonchev–Trinajstić information content (AvgIpc) is 2.97. The molecule has 0 saturated carbocycles. The van der Waals surface area contributed by atoms with Gasteiger partial charge in [-0.25, -0.2) is 4.98 Å². The van der Waals surface area contributed by atoms with E-state index in [4.69, 9.17) is 4.74 Å². The van der Waals surface area contributed by atoms with Crippen molar-refractivity contribution in [1.82, 2.24) is 15.2 Å². The van der Waals surface area contributed by atoms with Crippen LogP contribution in [-0.4, -0.2) is 54.7 Å². The molecule has 1 aromatic heterocycles. The van der Waals surface area contributed by atoms with E-state index in [1.807, 2.05) is 12.3 Å². The van der Waals surface area contributed by atoms with Crippen molar-refractivity contribution in [3.63, 3.8) is 0 Å². The topological polar surface area (TPSA) is 54.5 Å². The highest BCUT2D eigenvalue weighted by Gasteiger charge is 2.27. The molecule has 1 amide bonds. The van der Waals surface area contributed by atoms with Crippen LogP contribution in [0.2, 0.25) is 0 Å². The summed E-state index contributed by atoms with van der Waals surface area (Å²) in [4.78, 5) is 19.1. The number of hydrogen-bond donors (Lipinski definition) is 1. The van der Waals surface area contributed by atoms with Crippen molar-refractivity contribution < 1.29 is 9.53 Å². The van der Waals surface area contributed by atoms with Gasteiger partial charge in [0, 0.05) is 31.1 Å². The van der Waals surface area contributed by atoms with Crippen molar-refractivity contribution in [1.29, 1.82) is 0 Å². The summed E-state index contributed by atoms with van der Waals surface area (Å²) in [5.41, 5.74) is 0.871. The molecule has 1 aromatic rings. The molecule has 0 radical (unpaired) electrons. The molecule has 1 fully saturated rings. The van der Waals surface area contributed by atoms with E-state index in [1.165, 1.54) is 0 Å². The van der Waals surface area contributed by atoms with Gasteiger partial charge in [0.1, 0.15) is 0 Å². The third-order valence-electron chi connectivity index (χ3n) is 4.62. The van der Waals surface area contributed by atoms with Crippen molar-refractivity contribution in [2.45, 2.75) is 46.1 Å². The molecular weight excluding hydrogens is 310 g/mol. The summed E-state index contributed by atoms with van der Waals surface area (Å²) in [5.74, 6) is 0.675. The van der Waals surface area contributed by atoms with Crippen molar-refractivity contribution in [2.24, 2.45) is 5.92 Å². The van der Waals surface area contributed by atoms with E-state index in [1.54, 1.807) is 11.3 Å². The lowest BCUT2D eigenvalue weighted by atomic mass is 9.92. The fourth-order valence-electron chi connectivity index (χ4n) is 3.27. The van der Waals surface area contributed by atoms with E-state index < -0.39 is 0 Å². The zero-order chi connectivity index (χ0) is 16.7. The zero-order valence-corrected chi connectivity index (χ0v) is 15.3. The fraction of sp³-hybridized carbons (Fsp3) is 0.765. The molecule has 1 atom stereocenters. The third kappa shape index (κ3) is 5.55. The van der Waals surface area contributed by atoms with Gasteiger partial charge >= 0.3 is 0 Å². The molecule has 1 saturated heterocycles. The molecule has 2 heterocycles. The van der Waals surface area contributed by atoms with Gasteiger partial charge in [0.05, 0.1) is 30.3 Å². The number of nitrogens with zero attached hydrogens (tertiary/aromatic N) is 2. The van der Waals surface area contributed by atoms with E-state index in [0.29, 0.717) is 24.9 Å². The van der Waals surface area contributed by atoms with Crippen LogP contribution in [0.1, 0.15) is 37.4 Å². The molecule has 1 unspecified atom stereocenters. The standard InChI is InChI=1S/C17H29N3O2S/c1-4-14(5-2)16(20-6-8-22-9-7-20)11-18-17(21)10-15-12-23-13(3)19-15/h12,14,16H,4-11H2,1-3H3,(H,18,21). The van der Waals surface area contributed by atoms with Crippen LogP contribution in [0.15, 0.2) is 5.38 Å². The molecule has 0 bridgehead atoms. The minimum Gasteiger partial charge on any atom is -0.379 e. The van der Waals surface area contributed by atoms with Gasteiger partial charge in [0.25, 0.3) is 0 Å². The van der Waals surface area contributed by atoms with Crippen LogP contribution in [-0.2, 0) is 16.0 Å². The number of ether oxygens (including phenoxy) is 1. The lowest BCUT2D eigenvalue weighted by Gasteiger charge is -2.38. The first-order valence-corrected chi connectivity index (χ1v) is 9.51. The van der Waals surface area contributed by atoms with Gasteiger partial charge in [-0.1, -0.05) is 26.7 Å². The molecule has 2 rings (SSSR count). The quantitative estimate of drug-likeness (QED) is 0.789. The summed E-state index contributed by atoms with van der Waals surface area (Å²) in [6.07, 6.45) is 2.66. The zero-order valence-electron chi connectivity index (χ0n) is 14.5. The number of morpholine rings is 1. The van der Waals surface area contributed by atoms with Gasteiger partial charge in [-0.3, -0.25) is 9.69 Å². The first kappa shape index (κ1) is 18.4. The molecule has 23 heavy (non-hydrogen) atoms. The van der Waals surface area contributed by atoms with E-state index >= 15 is 0 Å². The second kappa shape index (κ2) is 9.35. The second-order valence-corrected chi connectivity index (χ2v) is 7.19. The Hall–Kier alpha value is -0.980. The van der Waals surface area contributed by atoms with Gasteiger partial charge < -0.3 is 10.1 Å². The van der Waals surface area contributed by atoms with Gasteiger partial charge in [0.15, 0.2) is 0 Å². The van der Waals surface area contributed by atoms with Crippen molar-refractivity contribution >= 4 is 17.2 Å². The first-order chi connectivity index (χ1) is 11.1. The van der Waals surface area contributed by atoms with E-state index in [-0.39, 0.29) is 5.91 Å². The Balaban J connectivity index is 1.89. The number of rotatable bonds is 8. The number of hydrogen-bond acceptors (Lipinski definition) is 5. The smallest absolute Gasteiger partial charge is 0.226 e. The van der Waals surface area contributed by atoms with Crippen LogP contribution in [0.5, 0.6) is 0 Å². The summed E-state index contributed by atoms with van der Waals surface area (Å²) >= 11 is 1.59. The van der Waals surface area contributed by atoms with E-state index in [2.05, 4.69) is 29.0 Å². The highest BCUT2D eigenvalue weighted by Crippen LogP contribution is 2.19. The Labute approximate surface area is 143 Å². The monoisotopic (exact) mass is 339 g/mol. The molecule has 0 aromatic carbocycles. The number of amides is 1. The molecule has 1 aliphatic heterocycles. The Morgan fingerprint density at radius 1 is 1.39 bits per heavy atom. The first-order valence-electron chi connectivity index (χ1n) is 8.63. The average molecular weight is 340 g/mol. The molecule has 0 aliphatic carbocycles. The van der Waals surface area contributed by atoms with Crippen LogP contribution in [0.25, 0.3) is 0 Å². The molecule has 1 N–H and O–H groups in total. The fourth-order valence-corrected chi connectivity index (χ4v) is 3.88. The summed E-state index contributed by atoms with van der Waals surface area (Å²) < 4.78 is 5.47. The molecule has 6 heteroatoms. The Kier molecular flexibility index (Phi) is 7.46. The second-order valence-electron chi connectivity index (χ2n) is 6.13. The number of aryl methyl sites for hydroxylation is 1. The molecule has 5 nitrogen and oxygen atoms in total. The van der Waals surface area contributed by atoms with Gasteiger partial charge in [-0.15, -0.1) is 11.3 Å². The lowest BCUT2D eigenvalue weighted by Crippen LogP contribution is -2.52. The van der Waals surface area contributed by atoms with Crippen molar-refractivity contribution in [2.75, 3.05) is 32.8 Å². The summed E-state index contributed by atoms with van der Waals surface area (Å²) in [6, 6.07) is 0.398. The number of carbonyl (C=O) groups excluding carboxylic acids is 1. The predicted molar refractivity (Wildman–Crippen MR) is 93.8 cm³/mol. The summed E-state index contributed by atoms with van der Waals surface area (Å²) in [6.45, 7) is 10.7. The van der Waals surface area contributed by atoms with E-state index in [0.717, 1.165) is 49.8 Å². The molecule has 1 aliphatic rings. The lowest BCUT2D eigenvalue weighted by molar-refractivity contribution is -0.121. The summed E-state index contributed by atoms with van der Waals surface area (Å²) in [5, 5.41) is 6.11. The van der Waals surface area contributed by atoms with Gasteiger partial charge in [-0.2, -0.15) is 0 Å². The highest BCUT2D eigenvalue weighted by atomic mass is 32.1. The van der Waals surface area contributed by atoms with Crippen molar-refractivity contribution in [3.8, 4) is 0 Å². The van der Waals surface area contributed by atoms with Crippen LogP contribution in [0.4, 0.5) is 0 Å². The van der Waals surface area contributed by atoms with Crippen molar-refractivity contribution in [3.05, 3.63) is 16.1 Å². The number of thiazole rings is 1. The number of nitrogens with one attached hydrogen (secondary N) is 1.